The van der Waals surface area contributed by atoms with E-state index in [2.05, 4.69) is 0 Å². The third-order valence-electron chi connectivity index (χ3n) is 2.18. The van der Waals surface area contributed by atoms with Gasteiger partial charge in [-0.15, -0.1) is 0 Å². The first kappa shape index (κ1) is 8.94. The molecular formula is C11H12O3. The highest BCUT2D eigenvalue weighted by Gasteiger charge is 2.14. The van der Waals surface area contributed by atoms with E-state index in [0.717, 1.165) is 23.5 Å². The van der Waals surface area contributed by atoms with Crippen LogP contribution in [-0.4, -0.2) is 14.2 Å². The van der Waals surface area contributed by atoms with Crippen molar-refractivity contribution in [3.63, 3.8) is 0 Å². The average molecular weight is 192 g/mol. The third-order valence-corrected chi connectivity index (χ3v) is 2.18. The van der Waals surface area contributed by atoms with Gasteiger partial charge in [-0.25, -0.2) is 0 Å². The Morgan fingerprint density at radius 3 is 2.79 bits per heavy atom. The lowest BCUT2D eigenvalue weighted by Gasteiger charge is -2.16. The van der Waals surface area contributed by atoms with E-state index in [0.29, 0.717) is 5.75 Å². The molecule has 0 aromatic heterocycles. The molecule has 0 bridgehead atoms. The number of hydrogen-bond acceptors (Lipinski definition) is 3. The van der Waals surface area contributed by atoms with Crippen LogP contribution in [0.2, 0.25) is 0 Å². The molecule has 1 aromatic carbocycles. The molecule has 3 heteroatoms. The minimum Gasteiger partial charge on any atom is -0.497 e. The molecule has 0 unspecified atom stereocenters. The van der Waals surface area contributed by atoms with Crippen molar-refractivity contribution < 1.29 is 14.2 Å². The molecule has 0 amide bonds. The van der Waals surface area contributed by atoms with E-state index in [1.54, 1.807) is 20.5 Å². The molecule has 14 heavy (non-hydrogen) atoms. The Balaban J connectivity index is 2.50. The van der Waals surface area contributed by atoms with Gasteiger partial charge in [0, 0.05) is 11.6 Å². The fourth-order valence-corrected chi connectivity index (χ4v) is 1.48. The topological polar surface area (TPSA) is 27.7 Å². The van der Waals surface area contributed by atoms with Gasteiger partial charge in [0.05, 0.1) is 20.5 Å². The van der Waals surface area contributed by atoms with Crippen molar-refractivity contribution >= 4 is 0 Å². The van der Waals surface area contributed by atoms with Crippen LogP contribution < -0.4 is 14.2 Å². The van der Waals surface area contributed by atoms with Crippen LogP contribution in [-0.2, 0) is 6.42 Å². The first-order valence-electron chi connectivity index (χ1n) is 4.41. The van der Waals surface area contributed by atoms with E-state index in [1.807, 2.05) is 18.2 Å². The van der Waals surface area contributed by atoms with Gasteiger partial charge in [0.2, 0.25) is 0 Å². The summed E-state index contributed by atoms with van der Waals surface area (Å²) < 4.78 is 15.8. The van der Waals surface area contributed by atoms with Crippen molar-refractivity contribution in [2.45, 2.75) is 6.42 Å². The highest BCUT2D eigenvalue weighted by molar-refractivity contribution is 5.53. The van der Waals surface area contributed by atoms with Crippen molar-refractivity contribution in [2.24, 2.45) is 0 Å². The van der Waals surface area contributed by atoms with Gasteiger partial charge in [0.15, 0.2) is 11.5 Å². The summed E-state index contributed by atoms with van der Waals surface area (Å²) >= 11 is 0. The first-order chi connectivity index (χ1) is 6.85. The number of ether oxygens (including phenoxy) is 3. The standard InChI is InChI=1S/C11H12O3/c1-12-9-6-8-4-3-5-14-11(8)10(7-9)13-2/h3,5-7H,4H2,1-2H3. The van der Waals surface area contributed by atoms with Crippen LogP contribution in [0.1, 0.15) is 5.56 Å². The Morgan fingerprint density at radius 2 is 2.07 bits per heavy atom. The lowest BCUT2D eigenvalue weighted by Crippen LogP contribution is -2.00. The predicted octanol–water partition coefficient (Wildman–Crippen LogP) is 2.15. The molecule has 3 nitrogen and oxygen atoms in total. The molecule has 0 fully saturated rings. The Labute approximate surface area is 82.9 Å². The molecular weight excluding hydrogens is 180 g/mol. The maximum atomic E-state index is 5.38. The fourth-order valence-electron chi connectivity index (χ4n) is 1.48. The number of benzene rings is 1. The highest BCUT2D eigenvalue weighted by Crippen LogP contribution is 2.37. The zero-order valence-electron chi connectivity index (χ0n) is 8.24. The molecule has 0 saturated heterocycles. The third kappa shape index (κ3) is 1.41. The van der Waals surface area contributed by atoms with Gasteiger partial charge in [-0.3, -0.25) is 0 Å². The number of rotatable bonds is 2. The molecule has 1 aliphatic rings. The molecule has 0 saturated carbocycles. The van der Waals surface area contributed by atoms with Gasteiger partial charge in [-0.1, -0.05) is 0 Å². The first-order valence-corrected chi connectivity index (χ1v) is 4.41. The van der Waals surface area contributed by atoms with Crippen molar-refractivity contribution in [3.05, 3.63) is 30.0 Å². The minimum absolute atomic E-state index is 0.712. The Hall–Kier alpha value is -1.64. The van der Waals surface area contributed by atoms with Crippen LogP contribution in [0, 0.1) is 0 Å². The van der Waals surface area contributed by atoms with Gasteiger partial charge in [0.25, 0.3) is 0 Å². The van der Waals surface area contributed by atoms with Gasteiger partial charge in [-0.05, 0) is 18.6 Å². The smallest absolute Gasteiger partial charge is 0.172 e. The van der Waals surface area contributed by atoms with Crippen LogP contribution in [0.4, 0.5) is 0 Å². The number of methoxy groups -OCH3 is 2. The molecule has 0 atom stereocenters. The SMILES string of the molecule is COc1cc2c(c(OC)c1)OC=CC2. The summed E-state index contributed by atoms with van der Waals surface area (Å²) in [7, 11) is 3.26. The molecule has 0 spiro atoms. The number of hydrogen-bond donors (Lipinski definition) is 0. The summed E-state index contributed by atoms with van der Waals surface area (Å²) in [5.41, 5.74) is 1.09. The summed E-state index contributed by atoms with van der Waals surface area (Å²) in [4.78, 5) is 0. The molecule has 0 N–H and O–H groups in total. The molecule has 0 radical (unpaired) electrons. The van der Waals surface area contributed by atoms with E-state index in [-0.39, 0.29) is 0 Å². The summed E-state index contributed by atoms with van der Waals surface area (Å²) in [5.74, 6) is 2.29. The maximum Gasteiger partial charge on any atom is 0.172 e. The van der Waals surface area contributed by atoms with Crippen LogP contribution in [0.25, 0.3) is 0 Å². The Kier molecular flexibility index (Phi) is 2.31. The second-order valence-corrected chi connectivity index (χ2v) is 3.01. The van der Waals surface area contributed by atoms with Crippen molar-refractivity contribution in [1.82, 2.24) is 0 Å². The van der Waals surface area contributed by atoms with E-state index in [9.17, 15) is 0 Å². The number of fused-ring (bicyclic) bond motifs is 1. The second kappa shape index (κ2) is 3.62. The van der Waals surface area contributed by atoms with Gasteiger partial charge in [-0.2, -0.15) is 0 Å². The molecule has 1 heterocycles. The van der Waals surface area contributed by atoms with Gasteiger partial charge >= 0.3 is 0 Å². The van der Waals surface area contributed by atoms with E-state index >= 15 is 0 Å². The summed E-state index contributed by atoms with van der Waals surface area (Å²) in [6, 6.07) is 3.78. The zero-order chi connectivity index (χ0) is 9.97. The second-order valence-electron chi connectivity index (χ2n) is 3.01. The monoisotopic (exact) mass is 192 g/mol. The van der Waals surface area contributed by atoms with Crippen LogP contribution in [0.3, 0.4) is 0 Å². The lowest BCUT2D eigenvalue weighted by atomic mass is 10.1. The lowest BCUT2D eigenvalue weighted by molar-refractivity contribution is 0.363. The van der Waals surface area contributed by atoms with E-state index in [4.69, 9.17) is 14.2 Å². The summed E-state index contributed by atoms with van der Waals surface area (Å²) in [6.07, 6.45) is 4.49. The van der Waals surface area contributed by atoms with Gasteiger partial charge in [0.1, 0.15) is 5.75 Å². The summed E-state index contributed by atoms with van der Waals surface area (Å²) in [6.45, 7) is 0. The fraction of sp³-hybridized carbons (Fsp3) is 0.273. The summed E-state index contributed by atoms with van der Waals surface area (Å²) in [5, 5.41) is 0. The quantitative estimate of drug-likeness (QED) is 0.718. The zero-order valence-corrected chi connectivity index (χ0v) is 8.24. The normalized spacial score (nSPS) is 13.0. The molecule has 1 aliphatic heterocycles. The largest absolute Gasteiger partial charge is 0.497 e. The molecule has 2 rings (SSSR count). The molecule has 74 valence electrons. The highest BCUT2D eigenvalue weighted by atomic mass is 16.5. The van der Waals surface area contributed by atoms with E-state index in [1.165, 1.54) is 0 Å². The maximum absolute atomic E-state index is 5.38. The minimum atomic E-state index is 0.712. The van der Waals surface area contributed by atoms with Crippen LogP contribution >= 0.6 is 0 Å². The molecule has 1 aromatic rings. The Morgan fingerprint density at radius 1 is 1.21 bits per heavy atom. The average Bonchev–Trinajstić information content (AvgIpc) is 2.27. The van der Waals surface area contributed by atoms with Crippen LogP contribution in [0.5, 0.6) is 17.2 Å². The predicted molar refractivity (Wildman–Crippen MR) is 53.0 cm³/mol. The van der Waals surface area contributed by atoms with Crippen molar-refractivity contribution in [1.29, 1.82) is 0 Å². The Bertz CT molecular complexity index is 369. The van der Waals surface area contributed by atoms with Gasteiger partial charge < -0.3 is 14.2 Å². The van der Waals surface area contributed by atoms with E-state index < -0.39 is 0 Å². The van der Waals surface area contributed by atoms with Crippen molar-refractivity contribution in [3.8, 4) is 17.2 Å². The van der Waals surface area contributed by atoms with Crippen LogP contribution in [0.15, 0.2) is 24.5 Å². The molecule has 0 aliphatic carbocycles. The van der Waals surface area contributed by atoms with Crippen molar-refractivity contribution in [2.75, 3.05) is 14.2 Å². The number of allylic oxidation sites excluding steroid dienone is 1.